The van der Waals surface area contributed by atoms with Gasteiger partial charge in [0, 0.05) is 26.0 Å². The van der Waals surface area contributed by atoms with Gasteiger partial charge in [-0.2, -0.15) is 0 Å². The Labute approximate surface area is 99.6 Å². The Hall–Kier alpha value is 0.313. The maximum atomic E-state index is 5.25. The summed E-state index contributed by atoms with van der Waals surface area (Å²) in [5.74, 6) is 0. The van der Waals surface area contributed by atoms with Crippen molar-refractivity contribution in [1.29, 1.82) is 0 Å². The molecule has 0 aliphatic carbocycles. The molecule has 1 N–H and O–H groups in total. The predicted molar refractivity (Wildman–Crippen MR) is 56.4 cm³/mol. The van der Waals surface area contributed by atoms with Crippen LogP contribution in [0.1, 0.15) is 39.5 Å². The summed E-state index contributed by atoms with van der Waals surface area (Å²) in [6.45, 7) is 5.97. The van der Waals surface area contributed by atoms with Crippen LogP contribution in [-0.2, 0) is 24.2 Å². The predicted octanol–water partition coefficient (Wildman–Crippen LogP) is 2.48. The maximum Gasteiger partial charge on any atom is 0.256 e. The Kier molecular flexibility index (Phi) is 14.9. The summed E-state index contributed by atoms with van der Waals surface area (Å²) in [5.41, 5.74) is 0. The molecule has 0 aromatic carbocycles. The van der Waals surface area contributed by atoms with Gasteiger partial charge in [-0.3, -0.25) is 0 Å². The number of ether oxygens (including phenoxy) is 1. The Morgan fingerprint density at radius 1 is 1.23 bits per heavy atom. The van der Waals surface area contributed by atoms with Crippen molar-refractivity contribution in [2.24, 2.45) is 0 Å². The van der Waals surface area contributed by atoms with Crippen LogP contribution in [0.4, 0.5) is 0 Å². The van der Waals surface area contributed by atoms with Crippen molar-refractivity contribution in [1.82, 2.24) is 5.32 Å². The number of hydrogen-bond acceptors (Lipinski definition) is 2. The average molecular weight is 255 g/mol. The van der Waals surface area contributed by atoms with Crippen molar-refractivity contribution < 1.29 is 24.2 Å². The SMILES string of the molecule is CCCCNC(=S)OCCCC.[Zn]. The Balaban J connectivity index is 0. The van der Waals surface area contributed by atoms with E-state index in [4.69, 9.17) is 17.0 Å². The Morgan fingerprint density at radius 3 is 2.38 bits per heavy atom. The first-order chi connectivity index (χ1) is 5.81. The molecule has 0 aliphatic rings. The minimum Gasteiger partial charge on any atom is -0.471 e. The van der Waals surface area contributed by atoms with Gasteiger partial charge in [-0.05, 0) is 25.1 Å². The zero-order valence-corrected chi connectivity index (χ0v) is 12.5. The van der Waals surface area contributed by atoms with Crippen LogP contribution in [0.15, 0.2) is 0 Å². The van der Waals surface area contributed by atoms with Crippen molar-refractivity contribution in [3.8, 4) is 0 Å². The van der Waals surface area contributed by atoms with Crippen LogP contribution in [0.3, 0.4) is 0 Å². The van der Waals surface area contributed by atoms with Crippen LogP contribution in [-0.4, -0.2) is 18.3 Å². The smallest absolute Gasteiger partial charge is 0.256 e. The molecule has 4 heteroatoms. The molecule has 0 heterocycles. The minimum atomic E-state index is 0. The van der Waals surface area contributed by atoms with Gasteiger partial charge in [0.25, 0.3) is 5.17 Å². The first-order valence-electron chi connectivity index (χ1n) is 4.71. The van der Waals surface area contributed by atoms with Crippen LogP contribution in [0.25, 0.3) is 0 Å². The van der Waals surface area contributed by atoms with E-state index in [9.17, 15) is 0 Å². The number of unbranched alkanes of at least 4 members (excludes halogenated alkanes) is 2. The fraction of sp³-hybridized carbons (Fsp3) is 0.889. The van der Waals surface area contributed by atoms with E-state index in [0.29, 0.717) is 5.17 Å². The Morgan fingerprint density at radius 2 is 1.85 bits per heavy atom. The molecule has 0 aromatic heterocycles. The van der Waals surface area contributed by atoms with Crippen LogP contribution in [0.2, 0.25) is 0 Å². The molecule has 0 radical (unpaired) electrons. The van der Waals surface area contributed by atoms with E-state index in [1.807, 2.05) is 0 Å². The molecule has 0 bridgehead atoms. The topological polar surface area (TPSA) is 21.3 Å². The minimum absolute atomic E-state index is 0. The van der Waals surface area contributed by atoms with Gasteiger partial charge in [0.15, 0.2) is 0 Å². The molecule has 0 aliphatic heterocycles. The molecule has 0 unspecified atom stereocenters. The molecule has 0 saturated carbocycles. The molecular weight excluding hydrogens is 236 g/mol. The number of thiocarbonyl (C=S) groups is 1. The van der Waals surface area contributed by atoms with Gasteiger partial charge in [-0.25, -0.2) is 0 Å². The summed E-state index contributed by atoms with van der Waals surface area (Å²) in [4.78, 5) is 0. The fourth-order valence-corrected chi connectivity index (χ4v) is 0.913. The van der Waals surface area contributed by atoms with Crippen molar-refractivity contribution in [3.63, 3.8) is 0 Å². The van der Waals surface area contributed by atoms with Crippen LogP contribution in [0, 0.1) is 0 Å². The second-order valence-corrected chi connectivity index (χ2v) is 3.14. The van der Waals surface area contributed by atoms with Gasteiger partial charge in [0.1, 0.15) is 0 Å². The van der Waals surface area contributed by atoms with Crippen molar-refractivity contribution in [3.05, 3.63) is 0 Å². The molecule has 0 rings (SSSR count). The third kappa shape index (κ3) is 12.3. The molecule has 13 heavy (non-hydrogen) atoms. The van der Waals surface area contributed by atoms with E-state index >= 15 is 0 Å². The molecule has 2 nitrogen and oxygen atoms in total. The van der Waals surface area contributed by atoms with Gasteiger partial charge in [0.05, 0.1) is 6.61 Å². The summed E-state index contributed by atoms with van der Waals surface area (Å²) in [7, 11) is 0. The molecule has 0 amide bonds. The quantitative estimate of drug-likeness (QED) is 0.447. The largest absolute Gasteiger partial charge is 0.471 e. The first-order valence-corrected chi connectivity index (χ1v) is 5.12. The molecule has 0 fully saturated rings. The average Bonchev–Trinajstić information content (AvgIpc) is 2.06. The second-order valence-electron chi connectivity index (χ2n) is 2.77. The van der Waals surface area contributed by atoms with Gasteiger partial charge >= 0.3 is 0 Å². The summed E-state index contributed by atoms with van der Waals surface area (Å²) in [6, 6.07) is 0. The van der Waals surface area contributed by atoms with Crippen LogP contribution >= 0.6 is 12.2 Å². The van der Waals surface area contributed by atoms with E-state index in [2.05, 4.69) is 19.2 Å². The summed E-state index contributed by atoms with van der Waals surface area (Å²) in [6.07, 6.45) is 4.56. The van der Waals surface area contributed by atoms with Gasteiger partial charge in [-0.15, -0.1) is 0 Å². The molecular formula is C9H19NOSZn. The van der Waals surface area contributed by atoms with E-state index in [1.165, 1.54) is 6.42 Å². The first kappa shape index (κ1) is 15.8. The molecule has 0 atom stereocenters. The van der Waals surface area contributed by atoms with Crippen LogP contribution in [0.5, 0.6) is 0 Å². The van der Waals surface area contributed by atoms with Crippen molar-refractivity contribution >= 4 is 17.4 Å². The second kappa shape index (κ2) is 12.3. The summed E-state index contributed by atoms with van der Waals surface area (Å²) in [5, 5.41) is 3.60. The van der Waals surface area contributed by atoms with E-state index in [-0.39, 0.29) is 19.5 Å². The molecule has 74 valence electrons. The van der Waals surface area contributed by atoms with Gasteiger partial charge < -0.3 is 10.1 Å². The van der Waals surface area contributed by atoms with Gasteiger partial charge in [0.2, 0.25) is 0 Å². The van der Waals surface area contributed by atoms with Crippen molar-refractivity contribution in [2.45, 2.75) is 39.5 Å². The number of hydrogen-bond donors (Lipinski definition) is 1. The third-order valence-electron chi connectivity index (χ3n) is 1.53. The maximum absolute atomic E-state index is 5.25. The monoisotopic (exact) mass is 253 g/mol. The zero-order valence-electron chi connectivity index (χ0n) is 8.77. The molecule has 0 saturated heterocycles. The number of nitrogens with one attached hydrogen (secondary N) is 1. The summed E-state index contributed by atoms with van der Waals surface area (Å²) >= 11 is 4.95. The zero-order chi connectivity index (χ0) is 9.23. The van der Waals surface area contributed by atoms with Gasteiger partial charge in [-0.1, -0.05) is 26.7 Å². The third-order valence-corrected chi connectivity index (χ3v) is 1.79. The van der Waals surface area contributed by atoms with E-state index in [1.54, 1.807) is 0 Å². The standard InChI is InChI=1S/C9H19NOS.Zn/c1-3-5-7-10-9(12)11-8-6-4-2;/h3-8H2,1-2H3,(H,10,12);. The Bertz CT molecular complexity index is 110. The number of rotatable bonds is 6. The molecule has 0 spiro atoms. The normalized spacial score (nSPS) is 8.77. The van der Waals surface area contributed by atoms with E-state index < -0.39 is 0 Å². The fourth-order valence-electron chi connectivity index (χ4n) is 0.727. The van der Waals surface area contributed by atoms with Crippen molar-refractivity contribution in [2.75, 3.05) is 13.2 Å². The molecule has 0 aromatic rings. The van der Waals surface area contributed by atoms with E-state index in [0.717, 1.165) is 32.4 Å². The van der Waals surface area contributed by atoms with Crippen LogP contribution < -0.4 is 5.32 Å². The summed E-state index contributed by atoms with van der Waals surface area (Å²) < 4.78 is 5.25.